The van der Waals surface area contributed by atoms with E-state index in [1.165, 1.54) is 0 Å². The molecule has 0 radical (unpaired) electrons. The summed E-state index contributed by atoms with van der Waals surface area (Å²) in [6.45, 7) is 5.56. The van der Waals surface area contributed by atoms with Crippen molar-refractivity contribution in [2.75, 3.05) is 5.33 Å². The highest BCUT2D eigenvalue weighted by Crippen LogP contribution is 2.17. The van der Waals surface area contributed by atoms with Gasteiger partial charge in [0.1, 0.15) is 0 Å². The maximum atomic E-state index is 12.2. The van der Waals surface area contributed by atoms with Gasteiger partial charge in [-0.2, -0.15) is 0 Å². The summed E-state index contributed by atoms with van der Waals surface area (Å²) < 4.78 is 27.0. The number of rotatable bonds is 5. The van der Waals surface area contributed by atoms with Crippen LogP contribution in [0.3, 0.4) is 0 Å². The summed E-state index contributed by atoms with van der Waals surface area (Å²) >= 11 is 3.31. The van der Waals surface area contributed by atoms with Crippen LogP contribution in [0.1, 0.15) is 24.5 Å². The lowest BCUT2D eigenvalue weighted by Crippen LogP contribution is -2.33. The molecular weight excluding hydrogens is 302 g/mol. The van der Waals surface area contributed by atoms with Crippen molar-refractivity contribution in [1.82, 2.24) is 4.72 Å². The Morgan fingerprint density at radius 1 is 1.35 bits per heavy atom. The second-order valence-corrected chi connectivity index (χ2v) is 6.74. The number of benzene rings is 1. The predicted molar refractivity (Wildman–Crippen MR) is 74.1 cm³/mol. The number of alkyl halides is 1. The summed E-state index contributed by atoms with van der Waals surface area (Å²) in [6.07, 6.45) is 0.768. The van der Waals surface area contributed by atoms with E-state index in [-0.39, 0.29) is 6.04 Å². The number of sulfonamides is 1. The molecule has 0 saturated carbocycles. The Hall–Kier alpha value is -0.390. The molecule has 1 aromatic carbocycles. The number of halogens is 1. The lowest BCUT2D eigenvalue weighted by atomic mass is 10.2. The topological polar surface area (TPSA) is 46.2 Å². The molecule has 1 N–H and O–H groups in total. The van der Waals surface area contributed by atoms with Crippen LogP contribution in [0.2, 0.25) is 0 Å². The summed E-state index contributed by atoms with van der Waals surface area (Å²) in [4.78, 5) is 0.374. The van der Waals surface area contributed by atoms with Crippen LogP contribution in [0.25, 0.3) is 0 Å². The van der Waals surface area contributed by atoms with Gasteiger partial charge in [-0.1, -0.05) is 28.1 Å². The average Bonchev–Trinajstić information content (AvgIpc) is 2.21. The lowest BCUT2D eigenvalue weighted by molar-refractivity contribution is 0.557. The van der Waals surface area contributed by atoms with Crippen LogP contribution in [0.4, 0.5) is 0 Å². The Morgan fingerprint density at radius 2 is 2.00 bits per heavy atom. The number of aryl methyl sites for hydroxylation is 2. The molecule has 0 aliphatic heterocycles. The Balaban J connectivity index is 3.01. The summed E-state index contributed by atoms with van der Waals surface area (Å²) in [6, 6.07) is 5.38. The predicted octanol–water partition coefficient (Wildman–Crippen LogP) is 2.76. The molecule has 96 valence electrons. The zero-order valence-corrected chi connectivity index (χ0v) is 12.7. The van der Waals surface area contributed by atoms with Gasteiger partial charge >= 0.3 is 0 Å². The van der Waals surface area contributed by atoms with Crippen LogP contribution in [0, 0.1) is 13.8 Å². The SMILES string of the molecule is Cc1ccc(C)c(S(=O)(=O)NC(C)CCBr)c1. The molecule has 0 amide bonds. The highest BCUT2D eigenvalue weighted by molar-refractivity contribution is 9.09. The summed E-state index contributed by atoms with van der Waals surface area (Å²) in [5.74, 6) is 0. The normalized spacial score (nSPS) is 13.6. The lowest BCUT2D eigenvalue weighted by Gasteiger charge is -2.14. The van der Waals surface area contributed by atoms with Crippen molar-refractivity contribution >= 4 is 26.0 Å². The van der Waals surface area contributed by atoms with Gasteiger partial charge in [0.2, 0.25) is 10.0 Å². The van der Waals surface area contributed by atoms with Crippen molar-refractivity contribution in [2.24, 2.45) is 0 Å². The Bertz CT molecular complexity index is 485. The van der Waals surface area contributed by atoms with Crippen molar-refractivity contribution in [3.8, 4) is 0 Å². The third kappa shape index (κ3) is 4.08. The molecule has 1 aromatic rings. The first-order chi connectivity index (χ1) is 7.86. The minimum Gasteiger partial charge on any atom is -0.208 e. The largest absolute Gasteiger partial charge is 0.241 e. The Kier molecular flexibility index (Phi) is 5.16. The van der Waals surface area contributed by atoms with E-state index in [1.54, 1.807) is 6.07 Å². The van der Waals surface area contributed by atoms with E-state index in [0.717, 1.165) is 22.9 Å². The molecule has 3 nitrogen and oxygen atoms in total. The molecule has 0 aliphatic carbocycles. The van der Waals surface area contributed by atoms with E-state index in [0.29, 0.717) is 4.90 Å². The Labute approximate surface area is 112 Å². The molecule has 0 saturated heterocycles. The van der Waals surface area contributed by atoms with Crippen molar-refractivity contribution in [1.29, 1.82) is 0 Å². The molecule has 0 fully saturated rings. The zero-order chi connectivity index (χ0) is 13.1. The van der Waals surface area contributed by atoms with Crippen LogP contribution >= 0.6 is 15.9 Å². The van der Waals surface area contributed by atoms with Gasteiger partial charge in [0.15, 0.2) is 0 Å². The molecule has 1 rings (SSSR count). The fourth-order valence-electron chi connectivity index (χ4n) is 1.55. The van der Waals surface area contributed by atoms with Crippen molar-refractivity contribution < 1.29 is 8.42 Å². The second kappa shape index (κ2) is 5.98. The first-order valence-electron chi connectivity index (χ1n) is 5.52. The van der Waals surface area contributed by atoms with E-state index < -0.39 is 10.0 Å². The molecule has 17 heavy (non-hydrogen) atoms. The first kappa shape index (κ1) is 14.7. The van der Waals surface area contributed by atoms with E-state index in [1.807, 2.05) is 32.9 Å². The molecule has 0 heterocycles. The Morgan fingerprint density at radius 3 is 2.59 bits per heavy atom. The monoisotopic (exact) mass is 319 g/mol. The van der Waals surface area contributed by atoms with Crippen molar-refractivity contribution in [2.45, 2.75) is 38.1 Å². The third-order valence-corrected chi connectivity index (χ3v) is 4.72. The number of nitrogens with one attached hydrogen (secondary N) is 1. The molecule has 1 unspecified atom stereocenters. The quantitative estimate of drug-likeness (QED) is 0.848. The second-order valence-electron chi connectivity index (χ2n) is 4.27. The molecule has 0 spiro atoms. The van der Waals surface area contributed by atoms with Crippen molar-refractivity contribution in [3.63, 3.8) is 0 Å². The fourth-order valence-corrected chi connectivity index (χ4v) is 3.84. The maximum Gasteiger partial charge on any atom is 0.241 e. The van der Waals surface area contributed by atoms with Crippen LogP contribution in [-0.4, -0.2) is 19.8 Å². The highest BCUT2D eigenvalue weighted by atomic mass is 79.9. The maximum absolute atomic E-state index is 12.2. The number of hydrogen-bond donors (Lipinski definition) is 1. The van der Waals surface area contributed by atoms with Gasteiger partial charge in [0, 0.05) is 11.4 Å². The third-order valence-electron chi connectivity index (χ3n) is 2.53. The molecule has 1 atom stereocenters. The van der Waals surface area contributed by atoms with E-state index in [4.69, 9.17) is 0 Å². The van der Waals surface area contributed by atoms with Crippen LogP contribution < -0.4 is 4.72 Å². The van der Waals surface area contributed by atoms with E-state index in [9.17, 15) is 8.42 Å². The van der Waals surface area contributed by atoms with Crippen LogP contribution in [0.5, 0.6) is 0 Å². The van der Waals surface area contributed by atoms with Gasteiger partial charge in [-0.25, -0.2) is 13.1 Å². The summed E-state index contributed by atoms with van der Waals surface area (Å²) in [7, 11) is -3.41. The standard InChI is InChI=1S/C12H18BrNO2S/c1-9-4-5-10(2)12(8-9)17(15,16)14-11(3)6-7-13/h4-5,8,11,14H,6-7H2,1-3H3. The fraction of sp³-hybridized carbons (Fsp3) is 0.500. The minimum atomic E-state index is -3.41. The van der Waals surface area contributed by atoms with Crippen LogP contribution in [-0.2, 0) is 10.0 Å². The minimum absolute atomic E-state index is 0.0701. The zero-order valence-electron chi connectivity index (χ0n) is 10.3. The highest BCUT2D eigenvalue weighted by Gasteiger charge is 2.19. The van der Waals surface area contributed by atoms with Gasteiger partial charge in [-0.05, 0) is 44.4 Å². The summed E-state index contributed by atoms with van der Waals surface area (Å²) in [5.41, 5.74) is 1.72. The molecular formula is C12H18BrNO2S. The van der Waals surface area contributed by atoms with Gasteiger partial charge in [0.25, 0.3) is 0 Å². The van der Waals surface area contributed by atoms with Gasteiger partial charge in [-0.15, -0.1) is 0 Å². The van der Waals surface area contributed by atoms with Gasteiger partial charge in [0.05, 0.1) is 4.90 Å². The summed E-state index contributed by atoms with van der Waals surface area (Å²) in [5, 5.41) is 0.781. The van der Waals surface area contributed by atoms with Gasteiger partial charge in [-0.3, -0.25) is 0 Å². The molecule has 0 bridgehead atoms. The van der Waals surface area contributed by atoms with Crippen molar-refractivity contribution in [3.05, 3.63) is 29.3 Å². The van der Waals surface area contributed by atoms with Crippen LogP contribution in [0.15, 0.2) is 23.1 Å². The smallest absolute Gasteiger partial charge is 0.208 e. The molecule has 0 aromatic heterocycles. The van der Waals surface area contributed by atoms with Gasteiger partial charge < -0.3 is 0 Å². The van der Waals surface area contributed by atoms with E-state index >= 15 is 0 Å². The first-order valence-corrected chi connectivity index (χ1v) is 8.13. The number of hydrogen-bond acceptors (Lipinski definition) is 2. The van der Waals surface area contributed by atoms with E-state index in [2.05, 4.69) is 20.7 Å². The molecule has 5 heteroatoms. The average molecular weight is 320 g/mol. The molecule has 0 aliphatic rings.